The molecular formula is C20H28N4OS. The average molecular weight is 373 g/mol. The van der Waals surface area contributed by atoms with Crippen molar-refractivity contribution in [3.8, 4) is 0 Å². The van der Waals surface area contributed by atoms with Crippen LogP contribution < -0.4 is 10.2 Å². The van der Waals surface area contributed by atoms with Gasteiger partial charge in [-0.15, -0.1) is 0 Å². The smallest absolute Gasteiger partial charge is 0.222 e. The van der Waals surface area contributed by atoms with Crippen molar-refractivity contribution in [1.82, 2.24) is 14.7 Å². The Balaban J connectivity index is 1.48. The van der Waals surface area contributed by atoms with Crippen LogP contribution in [-0.4, -0.2) is 34.9 Å². The van der Waals surface area contributed by atoms with Crippen LogP contribution in [0.1, 0.15) is 43.6 Å². The van der Waals surface area contributed by atoms with Crippen LogP contribution in [0.5, 0.6) is 0 Å². The van der Waals surface area contributed by atoms with Crippen LogP contribution in [0.3, 0.4) is 0 Å². The zero-order valence-corrected chi connectivity index (χ0v) is 16.7. The number of aromatic nitrogens is 2. The fourth-order valence-corrected chi connectivity index (χ4v) is 3.85. The van der Waals surface area contributed by atoms with E-state index in [9.17, 15) is 4.79 Å². The molecule has 3 rings (SSSR count). The molecule has 0 bridgehead atoms. The number of hydrogen-bond acceptors (Lipinski definition) is 5. The van der Waals surface area contributed by atoms with Crippen molar-refractivity contribution in [2.45, 2.75) is 40.0 Å². The number of rotatable bonds is 6. The van der Waals surface area contributed by atoms with Gasteiger partial charge in [0, 0.05) is 43.5 Å². The highest BCUT2D eigenvalue weighted by Crippen LogP contribution is 2.25. The molecule has 1 fully saturated rings. The first kappa shape index (κ1) is 18.8. The van der Waals surface area contributed by atoms with Gasteiger partial charge < -0.3 is 10.2 Å². The molecule has 1 aliphatic rings. The average Bonchev–Trinajstić information content (AvgIpc) is 3.10. The van der Waals surface area contributed by atoms with Gasteiger partial charge in [-0.2, -0.15) is 4.37 Å². The summed E-state index contributed by atoms with van der Waals surface area (Å²) in [5.74, 6) is 1.68. The molecule has 0 unspecified atom stereocenters. The van der Waals surface area contributed by atoms with Crippen molar-refractivity contribution in [3.05, 3.63) is 41.2 Å². The lowest BCUT2D eigenvalue weighted by Crippen LogP contribution is -2.39. The Morgan fingerprint density at radius 1 is 1.27 bits per heavy atom. The minimum Gasteiger partial charge on any atom is -0.356 e. The van der Waals surface area contributed by atoms with Crippen LogP contribution in [-0.2, 0) is 11.2 Å². The van der Waals surface area contributed by atoms with Gasteiger partial charge in [-0.1, -0.05) is 43.7 Å². The Hall–Kier alpha value is -1.95. The molecule has 1 aliphatic heterocycles. The summed E-state index contributed by atoms with van der Waals surface area (Å²) in [6.45, 7) is 8.73. The van der Waals surface area contributed by atoms with Gasteiger partial charge >= 0.3 is 0 Å². The number of nitrogens with zero attached hydrogens (tertiary/aromatic N) is 3. The molecule has 1 N–H and O–H groups in total. The lowest BCUT2D eigenvalue weighted by molar-refractivity contribution is -0.124. The van der Waals surface area contributed by atoms with Crippen molar-refractivity contribution < 1.29 is 4.79 Å². The Labute approximate surface area is 160 Å². The molecule has 0 aliphatic carbocycles. The van der Waals surface area contributed by atoms with E-state index in [1.54, 1.807) is 0 Å². The Kier molecular flexibility index (Phi) is 6.25. The third kappa shape index (κ3) is 5.04. The van der Waals surface area contributed by atoms with E-state index in [1.165, 1.54) is 22.7 Å². The number of carbonyl (C=O) groups excluding carboxylic acids is 1. The van der Waals surface area contributed by atoms with Gasteiger partial charge in [0.2, 0.25) is 11.0 Å². The van der Waals surface area contributed by atoms with E-state index >= 15 is 0 Å². The number of aryl methyl sites for hydroxylation is 1. The largest absolute Gasteiger partial charge is 0.356 e. The van der Waals surface area contributed by atoms with E-state index in [0.29, 0.717) is 5.92 Å². The fraction of sp³-hybridized carbons (Fsp3) is 0.550. The molecule has 0 spiro atoms. The van der Waals surface area contributed by atoms with Crippen molar-refractivity contribution in [2.24, 2.45) is 11.8 Å². The molecule has 1 amide bonds. The first-order valence-electron chi connectivity index (χ1n) is 9.42. The standard InChI is InChI=1S/C20H28N4OS/c1-14(2)19(25)21-13-17-8-10-24(11-9-17)20-22-18(23-26-20)12-16-6-4-15(3)5-7-16/h4-7,14,17H,8-13H2,1-3H3,(H,21,25). The minimum absolute atomic E-state index is 0.0587. The number of hydrogen-bond donors (Lipinski definition) is 1. The molecule has 1 saturated heterocycles. The summed E-state index contributed by atoms with van der Waals surface area (Å²) >= 11 is 1.50. The van der Waals surface area contributed by atoms with E-state index in [0.717, 1.165) is 49.9 Å². The molecule has 1 aromatic carbocycles. The van der Waals surface area contributed by atoms with Gasteiger partial charge in [0.15, 0.2) is 0 Å². The topological polar surface area (TPSA) is 58.1 Å². The minimum atomic E-state index is 0.0587. The summed E-state index contributed by atoms with van der Waals surface area (Å²) in [5.41, 5.74) is 2.52. The lowest BCUT2D eigenvalue weighted by Gasteiger charge is -2.31. The molecule has 0 saturated carbocycles. The SMILES string of the molecule is Cc1ccc(Cc2nsc(N3CCC(CNC(=O)C(C)C)CC3)n2)cc1. The highest BCUT2D eigenvalue weighted by molar-refractivity contribution is 7.09. The van der Waals surface area contributed by atoms with E-state index in [2.05, 4.69) is 45.8 Å². The van der Waals surface area contributed by atoms with Gasteiger partial charge in [0.25, 0.3) is 0 Å². The number of amides is 1. The number of piperidine rings is 1. The monoisotopic (exact) mass is 372 g/mol. The van der Waals surface area contributed by atoms with Crippen molar-refractivity contribution in [3.63, 3.8) is 0 Å². The second-order valence-electron chi connectivity index (χ2n) is 7.49. The molecule has 0 atom stereocenters. The summed E-state index contributed by atoms with van der Waals surface area (Å²) in [6.07, 6.45) is 2.96. The summed E-state index contributed by atoms with van der Waals surface area (Å²) in [6, 6.07) is 8.55. The number of anilines is 1. The summed E-state index contributed by atoms with van der Waals surface area (Å²) in [7, 11) is 0. The first-order chi connectivity index (χ1) is 12.5. The van der Waals surface area contributed by atoms with Crippen LogP contribution in [0.4, 0.5) is 5.13 Å². The molecule has 2 heterocycles. The van der Waals surface area contributed by atoms with E-state index in [-0.39, 0.29) is 11.8 Å². The molecule has 2 aromatic rings. The van der Waals surface area contributed by atoms with Gasteiger partial charge in [0.1, 0.15) is 5.82 Å². The summed E-state index contributed by atoms with van der Waals surface area (Å²) < 4.78 is 4.54. The Morgan fingerprint density at radius 3 is 2.62 bits per heavy atom. The van der Waals surface area contributed by atoms with Crippen molar-refractivity contribution >= 4 is 22.6 Å². The van der Waals surface area contributed by atoms with Gasteiger partial charge in [-0.05, 0) is 31.2 Å². The third-order valence-electron chi connectivity index (χ3n) is 4.91. The summed E-state index contributed by atoms with van der Waals surface area (Å²) in [4.78, 5) is 18.8. The lowest BCUT2D eigenvalue weighted by atomic mass is 9.97. The molecule has 140 valence electrons. The molecule has 26 heavy (non-hydrogen) atoms. The van der Waals surface area contributed by atoms with Crippen LogP contribution in [0.15, 0.2) is 24.3 Å². The van der Waals surface area contributed by atoms with E-state index < -0.39 is 0 Å². The fourth-order valence-electron chi connectivity index (χ4n) is 3.11. The highest BCUT2D eigenvalue weighted by Gasteiger charge is 2.22. The predicted octanol–water partition coefficient (Wildman–Crippen LogP) is 3.43. The second-order valence-corrected chi connectivity index (χ2v) is 8.22. The van der Waals surface area contributed by atoms with Crippen LogP contribution >= 0.6 is 11.5 Å². The van der Waals surface area contributed by atoms with E-state index in [1.807, 2.05) is 13.8 Å². The number of carbonyl (C=O) groups is 1. The quantitative estimate of drug-likeness (QED) is 0.844. The maximum atomic E-state index is 11.7. The molecule has 0 radical (unpaired) electrons. The van der Waals surface area contributed by atoms with Crippen molar-refractivity contribution in [2.75, 3.05) is 24.5 Å². The highest BCUT2D eigenvalue weighted by atomic mass is 32.1. The van der Waals surface area contributed by atoms with E-state index in [4.69, 9.17) is 4.98 Å². The van der Waals surface area contributed by atoms with Crippen LogP contribution in [0.25, 0.3) is 0 Å². The summed E-state index contributed by atoms with van der Waals surface area (Å²) in [5, 5.41) is 4.08. The normalized spacial score (nSPS) is 15.5. The molecular weight excluding hydrogens is 344 g/mol. The Bertz CT molecular complexity index is 718. The Morgan fingerprint density at radius 2 is 1.96 bits per heavy atom. The first-order valence-corrected chi connectivity index (χ1v) is 10.2. The number of nitrogens with one attached hydrogen (secondary N) is 1. The van der Waals surface area contributed by atoms with Crippen LogP contribution in [0, 0.1) is 18.8 Å². The van der Waals surface area contributed by atoms with Gasteiger partial charge in [0.05, 0.1) is 0 Å². The van der Waals surface area contributed by atoms with Gasteiger partial charge in [-0.3, -0.25) is 4.79 Å². The molecule has 6 heteroatoms. The number of benzene rings is 1. The molecule has 1 aromatic heterocycles. The molecule has 5 nitrogen and oxygen atoms in total. The van der Waals surface area contributed by atoms with Gasteiger partial charge in [-0.25, -0.2) is 4.98 Å². The van der Waals surface area contributed by atoms with Crippen molar-refractivity contribution in [1.29, 1.82) is 0 Å². The predicted molar refractivity (Wildman–Crippen MR) is 107 cm³/mol. The maximum absolute atomic E-state index is 11.7. The third-order valence-corrected chi connectivity index (χ3v) is 5.73. The van der Waals surface area contributed by atoms with Crippen LogP contribution in [0.2, 0.25) is 0 Å². The second kappa shape index (κ2) is 8.62. The zero-order chi connectivity index (χ0) is 18.5. The zero-order valence-electron chi connectivity index (χ0n) is 15.9. The maximum Gasteiger partial charge on any atom is 0.222 e.